The fraction of sp³-hybridized carbons (Fsp3) is 0.333. The van der Waals surface area contributed by atoms with Gasteiger partial charge in [-0.1, -0.05) is 51.1 Å². The molecule has 1 atom stereocenters. The number of hydrogen-bond donors (Lipinski definition) is 0. The SMILES string of the molecule is COc1ccc(C2(C(C)(C)C)Sc3ccccc32)cc1. The molecule has 104 valence electrons. The third-order valence-corrected chi connectivity index (χ3v) is 6.03. The molecule has 1 aliphatic rings. The summed E-state index contributed by atoms with van der Waals surface area (Å²) in [6, 6.07) is 17.3. The van der Waals surface area contributed by atoms with Crippen molar-refractivity contribution >= 4 is 11.8 Å². The van der Waals surface area contributed by atoms with E-state index < -0.39 is 0 Å². The second-order valence-corrected chi connectivity index (χ2v) is 7.51. The van der Waals surface area contributed by atoms with E-state index >= 15 is 0 Å². The van der Waals surface area contributed by atoms with Gasteiger partial charge in [0.05, 0.1) is 11.9 Å². The fourth-order valence-electron chi connectivity index (χ4n) is 3.05. The third kappa shape index (κ3) is 1.78. The minimum atomic E-state index is 0.0376. The Bertz CT molecular complexity index is 625. The van der Waals surface area contributed by atoms with Crippen molar-refractivity contribution in [3.63, 3.8) is 0 Å². The zero-order chi connectivity index (χ0) is 14.4. The Balaban J connectivity index is 2.14. The molecule has 20 heavy (non-hydrogen) atoms. The Hall–Kier alpha value is -1.41. The summed E-state index contributed by atoms with van der Waals surface area (Å²) < 4.78 is 5.32. The van der Waals surface area contributed by atoms with Gasteiger partial charge in [0, 0.05) is 4.90 Å². The lowest BCUT2D eigenvalue weighted by Gasteiger charge is -2.52. The molecule has 0 spiro atoms. The highest BCUT2D eigenvalue weighted by molar-refractivity contribution is 8.02. The van der Waals surface area contributed by atoms with Gasteiger partial charge in [0.15, 0.2) is 0 Å². The molecule has 2 aromatic carbocycles. The highest BCUT2D eigenvalue weighted by Crippen LogP contribution is 2.66. The van der Waals surface area contributed by atoms with Crippen molar-refractivity contribution in [2.24, 2.45) is 5.41 Å². The van der Waals surface area contributed by atoms with E-state index in [0.717, 1.165) is 5.75 Å². The lowest BCUT2D eigenvalue weighted by atomic mass is 9.71. The Morgan fingerprint density at radius 3 is 2.15 bits per heavy atom. The lowest BCUT2D eigenvalue weighted by molar-refractivity contribution is 0.311. The number of benzene rings is 2. The lowest BCUT2D eigenvalue weighted by Crippen LogP contribution is -2.43. The minimum absolute atomic E-state index is 0.0376. The Kier molecular flexibility index (Phi) is 3.09. The van der Waals surface area contributed by atoms with E-state index in [4.69, 9.17) is 4.74 Å². The molecule has 0 bridgehead atoms. The van der Waals surface area contributed by atoms with Crippen molar-refractivity contribution in [3.8, 4) is 5.75 Å². The van der Waals surface area contributed by atoms with Crippen LogP contribution in [-0.2, 0) is 4.75 Å². The molecule has 0 radical (unpaired) electrons. The quantitative estimate of drug-likeness (QED) is 0.759. The molecule has 0 amide bonds. The molecular weight excluding hydrogens is 264 g/mol. The molecule has 2 heteroatoms. The van der Waals surface area contributed by atoms with Crippen LogP contribution in [0.3, 0.4) is 0 Å². The first-order chi connectivity index (χ1) is 9.49. The van der Waals surface area contributed by atoms with Gasteiger partial charge >= 0.3 is 0 Å². The molecule has 3 rings (SSSR count). The van der Waals surface area contributed by atoms with E-state index in [2.05, 4.69) is 69.3 Å². The smallest absolute Gasteiger partial charge is 0.118 e. The number of methoxy groups -OCH3 is 1. The standard InChI is InChI=1S/C18H20OS/c1-17(2,3)18(13-9-11-14(19-4)12-10-13)15-7-5-6-8-16(15)20-18/h5-12H,1-4H3. The summed E-state index contributed by atoms with van der Waals surface area (Å²) in [6.07, 6.45) is 0. The van der Waals surface area contributed by atoms with E-state index in [1.165, 1.54) is 16.0 Å². The molecule has 0 aliphatic carbocycles. The van der Waals surface area contributed by atoms with Gasteiger partial charge in [0.1, 0.15) is 5.75 Å². The van der Waals surface area contributed by atoms with Gasteiger partial charge in [-0.15, -0.1) is 11.8 Å². The van der Waals surface area contributed by atoms with Gasteiger partial charge in [-0.3, -0.25) is 0 Å². The topological polar surface area (TPSA) is 9.23 Å². The van der Waals surface area contributed by atoms with E-state index in [0.29, 0.717) is 0 Å². The first-order valence-corrected chi connectivity index (χ1v) is 7.74. The number of rotatable bonds is 2. The molecule has 0 aromatic heterocycles. The summed E-state index contributed by atoms with van der Waals surface area (Å²) in [5.41, 5.74) is 2.96. The van der Waals surface area contributed by atoms with Crippen molar-refractivity contribution in [1.29, 1.82) is 0 Å². The normalized spacial score (nSPS) is 21.0. The van der Waals surface area contributed by atoms with Crippen LogP contribution in [0.5, 0.6) is 5.75 Å². The molecule has 2 aromatic rings. The van der Waals surface area contributed by atoms with Crippen LogP contribution in [0.1, 0.15) is 31.9 Å². The summed E-state index contributed by atoms with van der Waals surface area (Å²) in [5.74, 6) is 0.912. The zero-order valence-corrected chi connectivity index (χ0v) is 13.3. The summed E-state index contributed by atoms with van der Waals surface area (Å²) >= 11 is 1.98. The largest absolute Gasteiger partial charge is 0.497 e. The van der Waals surface area contributed by atoms with Gasteiger partial charge in [0.2, 0.25) is 0 Å². The van der Waals surface area contributed by atoms with Crippen molar-refractivity contribution in [3.05, 3.63) is 59.7 Å². The maximum Gasteiger partial charge on any atom is 0.118 e. The van der Waals surface area contributed by atoms with Gasteiger partial charge in [-0.2, -0.15) is 0 Å². The molecule has 0 saturated carbocycles. The van der Waals surface area contributed by atoms with Crippen LogP contribution < -0.4 is 4.74 Å². The van der Waals surface area contributed by atoms with Crippen molar-refractivity contribution in [1.82, 2.24) is 0 Å². The van der Waals surface area contributed by atoms with Crippen molar-refractivity contribution in [2.75, 3.05) is 7.11 Å². The number of fused-ring (bicyclic) bond motifs is 1. The monoisotopic (exact) mass is 284 g/mol. The second-order valence-electron chi connectivity index (χ2n) is 6.26. The number of hydrogen-bond acceptors (Lipinski definition) is 2. The predicted octanol–water partition coefficient (Wildman–Crippen LogP) is 5.09. The maximum atomic E-state index is 5.28. The van der Waals surface area contributed by atoms with E-state index in [1.807, 2.05) is 11.8 Å². The van der Waals surface area contributed by atoms with Gasteiger partial charge < -0.3 is 4.74 Å². The Morgan fingerprint density at radius 1 is 0.950 bits per heavy atom. The second kappa shape index (κ2) is 4.56. The number of ether oxygens (including phenoxy) is 1. The molecule has 0 fully saturated rings. The maximum absolute atomic E-state index is 5.28. The summed E-state index contributed by atoms with van der Waals surface area (Å²) in [4.78, 5) is 1.40. The first-order valence-electron chi connectivity index (χ1n) is 6.92. The molecule has 0 saturated heterocycles. The number of thioether (sulfide) groups is 1. The van der Waals surface area contributed by atoms with Crippen LogP contribution in [0.4, 0.5) is 0 Å². The molecule has 1 heterocycles. The molecule has 1 unspecified atom stereocenters. The van der Waals surface area contributed by atoms with Crippen LogP contribution in [0.2, 0.25) is 0 Å². The summed E-state index contributed by atoms with van der Waals surface area (Å²) in [6.45, 7) is 6.96. The fourth-order valence-corrected chi connectivity index (χ4v) is 4.55. The van der Waals surface area contributed by atoms with Crippen LogP contribution >= 0.6 is 11.8 Å². The third-order valence-electron chi connectivity index (χ3n) is 4.08. The average Bonchev–Trinajstić information content (AvgIpc) is 2.39. The van der Waals surface area contributed by atoms with E-state index in [1.54, 1.807) is 7.11 Å². The van der Waals surface area contributed by atoms with Crippen molar-refractivity contribution in [2.45, 2.75) is 30.4 Å². The van der Waals surface area contributed by atoms with Crippen LogP contribution in [-0.4, -0.2) is 7.11 Å². The molecule has 1 nitrogen and oxygen atoms in total. The van der Waals surface area contributed by atoms with Crippen LogP contribution in [0.25, 0.3) is 0 Å². The Labute approximate surface area is 125 Å². The van der Waals surface area contributed by atoms with E-state index in [9.17, 15) is 0 Å². The average molecular weight is 284 g/mol. The van der Waals surface area contributed by atoms with Crippen LogP contribution in [0, 0.1) is 5.41 Å². The molecular formula is C18H20OS. The van der Waals surface area contributed by atoms with Crippen LogP contribution in [0.15, 0.2) is 53.4 Å². The molecule has 0 N–H and O–H groups in total. The highest BCUT2D eigenvalue weighted by atomic mass is 32.2. The van der Waals surface area contributed by atoms with Crippen molar-refractivity contribution < 1.29 is 4.74 Å². The predicted molar refractivity (Wildman–Crippen MR) is 85.5 cm³/mol. The van der Waals surface area contributed by atoms with Gasteiger partial charge in [-0.25, -0.2) is 0 Å². The van der Waals surface area contributed by atoms with E-state index in [-0.39, 0.29) is 10.2 Å². The Morgan fingerprint density at radius 2 is 1.60 bits per heavy atom. The highest BCUT2D eigenvalue weighted by Gasteiger charge is 2.53. The summed E-state index contributed by atoms with van der Waals surface area (Å²) in [7, 11) is 1.71. The first kappa shape index (κ1) is 13.6. The minimum Gasteiger partial charge on any atom is -0.497 e. The van der Waals surface area contributed by atoms with Gasteiger partial charge in [0.25, 0.3) is 0 Å². The summed E-state index contributed by atoms with van der Waals surface area (Å²) in [5, 5.41) is 0. The van der Waals surface area contributed by atoms with Gasteiger partial charge in [-0.05, 0) is 34.7 Å². The molecule has 1 aliphatic heterocycles. The zero-order valence-electron chi connectivity index (χ0n) is 12.4.